The smallest absolute Gasteiger partial charge is 0.262 e. The maximum absolute atomic E-state index is 12.6. The van der Waals surface area contributed by atoms with Crippen molar-refractivity contribution in [1.82, 2.24) is 19.5 Å². The number of thioether (sulfide) groups is 1. The largest absolute Gasteiger partial charge is 0.497 e. The molecular formula is C21H22N6O4S2. The van der Waals surface area contributed by atoms with Gasteiger partial charge in [0, 0.05) is 24.3 Å². The van der Waals surface area contributed by atoms with Crippen molar-refractivity contribution in [3.8, 4) is 11.4 Å². The van der Waals surface area contributed by atoms with Crippen LogP contribution in [0.15, 0.2) is 69.9 Å². The van der Waals surface area contributed by atoms with Crippen molar-refractivity contribution in [2.45, 2.75) is 22.9 Å². The zero-order valence-electron chi connectivity index (χ0n) is 17.8. The van der Waals surface area contributed by atoms with Crippen LogP contribution in [0.25, 0.3) is 5.69 Å². The third kappa shape index (κ3) is 5.71. The summed E-state index contributed by atoms with van der Waals surface area (Å²) in [4.78, 5) is 16.7. The van der Waals surface area contributed by atoms with E-state index in [4.69, 9.17) is 4.74 Å². The quantitative estimate of drug-likeness (QED) is 0.468. The number of nitrogens with one attached hydrogen (secondary N) is 2. The van der Waals surface area contributed by atoms with E-state index in [1.54, 1.807) is 30.1 Å². The molecule has 1 aliphatic rings. The van der Waals surface area contributed by atoms with Crippen molar-refractivity contribution in [3.63, 3.8) is 0 Å². The first kappa shape index (κ1) is 22.8. The Morgan fingerprint density at radius 1 is 1.21 bits per heavy atom. The van der Waals surface area contributed by atoms with Gasteiger partial charge >= 0.3 is 0 Å². The van der Waals surface area contributed by atoms with Crippen LogP contribution in [0.3, 0.4) is 0 Å². The second kappa shape index (κ2) is 10.0. The van der Waals surface area contributed by atoms with E-state index >= 15 is 0 Å². The Hall–Kier alpha value is -3.38. The Kier molecular flexibility index (Phi) is 6.94. The lowest BCUT2D eigenvalue weighted by molar-refractivity contribution is -0.113. The van der Waals surface area contributed by atoms with Gasteiger partial charge in [-0.25, -0.2) is 8.42 Å². The molecule has 33 heavy (non-hydrogen) atoms. The van der Waals surface area contributed by atoms with Gasteiger partial charge in [-0.1, -0.05) is 17.8 Å². The average Bonchev–Trinajstić information content (AvgIpc) is 3.50. The zero-order valence-corrected chi connectivity index (χ0v) is 19.4. The fourth-order valence-electron chi connectivity index (χ4n) is 3.15. The van der Waals surface area contributed by atoms with E-state index in [0.717, 1.165) is 17.9 Å². The van der Waals surface area contributed by atoms with Crippen LogP contribution in [0.2, 0.25) is 0 Å². The van der Waals surface area contributed by atoms with Crippen molar-refractivity contribution < 1.29 is 17.9 Å². The Morgan fingerprint density at radius 2 is 2.03 bits per heavy atom. The van der Waals surface area contributed by atoms with Gasteiger partial charge in [-0.2, -0.15) is 0 Å². The van der Waals surface area contributed by atoms with Crippen molar-refractivity contribution in [1.29, 1.82) is 0 Å². The monoisotopic (exact) mass is 486 g/mol. The lowest BCUT2D eigenvalue weighted by Crippen LogP contribution is -2.29. The minimum absolute atomic E-state index is 0.0572. The van der Waals surface area contributed by atoms with Crippen molar-refractivity contribution in [2.75, 3.05) is 24.7 Å². The van der Waals surface area contributed by atoms with Crippen LogP contribution >= 0.6 is 11.8 Å². The van der Waals surface area contributed by atoms with E-state index < -0.39 is 10.0 Å². The number of carbonyl (C=O) groups excluding carboxylic acids is 1. The first-order chi connectivity index (χ1) is 15.9. The topological polar surface area (TPSA) is 128 Å². The lowest BCUT2D eigenvalue weighted by Gasteiger charge is -2.10. The number of carbonyl (C=O) groups is 1. The lowest BCUT2D eigenvalue weighted by atomic mass is 10.3. The number of nitrogens with zero attached hydrogens (tertiary/aromatic N) is 4. The van der Waals surface area contributed by atoms with Crippen LogP contribution in [0.5, 0.6) is 5.75 Å². The number of hydrogen-bond acceptors (Lipinski definition) is 8. The summed E-state index contributed by atoms with van der Waals surface area (Å²) in [6.07, 6.45) is 3.00. The third-order valence-corrected chi connectivity index (χ3v) is 7.08. The number of sulfonamides is 1. The Morgan fingerprint density at radius 3 is 2.76 bits per heavy atom. The molecule has 0 radical (unpaired) electrons. The molecule has 0 aliphatic carbocycles. The highest BCUT2D eigenvalue weighted by molar-refractivity contribution is 7.99. The minimum Gasteiger partial charge on any atom is -0.497 e. The SMILES string of the molecule is COc1ccc(-n2cnnc2SCC(=O)Nc2cccc(S(=O)(=O)NC3=NCCC3)c2)cc1. The first-order valence-corrected chi connectivity index (χ1v) is 12.5. The third-order valence-electron chi connectivity index (χ3n) is 4.75. The van der Waals surface area contributed by atoms with Crippen LogP contribution in [-0.2, 0) is 14.8 Å². The van der Waals surface area contributed by atoms with Gasteiger partial charge in [-0.15, -0.1) is 10.2 Å². The van der Waals surface area contributed by atoms with Crippen molar-refractivity contribution >= 4 is 39.2 Å². The first-order valence-electron chi connectivity index (χ1n) is 10.1. The summed E-state index contributed by atoms with van der Waals surface area (Å²) in [5.74, 6) is 0.964. The summed E-state index contributed by atoms with van der Waals surface area (Å²) in [7, 11) is -2.16. The molecule has 10 nitrogen and oxygen atoms in total. The fraction of sp³-hybridized carbons (Fsp3) is 0.238. The van der Waals surface area contributed by atoms with Crippen molar-refractivity contribution in [3.05, 3.63) is 54.9 Å². The number of amides is 1. The Bertz CT molecular complexity index is 1270. The number of hydrogen-bond donors (Lipinski definition) is 2. The summed E-state index contributed by atoms with van der Waals surface area (Å²) >= 11 is 1.22. The summed E-state index contributed by atoms with van der Waals surface area (Å²) in [5, 5.41) is 11.3. The second-order valence-electron chi connectivity index (χ2n) is 7.08. The predicted molar refractivity (Wildman–Crippen MR) is 126 cm³/mol. The normalized spacial score (nSPS) is 13.4. The summed E-state index contributed by atoms with van der Waals surface area (Å²) in [6, 6.07) is 13.5. The molecule has 1 aromatic heterocycles. The van der Waals surface area contributed by atoms with Gasteiger partial charge in [0.1, 0.15) is 17.9 Å². The number of aromatic nitrogens is 3. The van der Waals surface area contributed by atoms with Crippen LogP contribution in [0.4, 0.5) is 5.69 Å². The standard InChI is InChI=1S/C21H22N6O4S2/c1-31-17-9-7-16(8-10-17)27-14-23-25-21(27)32-13-20(28)24-15-4-2-5-18(12-15)33(29,30)26-19-6-3-11-22-19/h2,4-5,7-10,12,14H,3,6,11,13H2,1H3,(H,22,26)(H,24,28). The number of anilines is 1. The molecule has 0 unspecified atom stereocenters. The van der Waals surface area contributed by atoms with Crippen LogP contribution in [-0.4, -0.2) is 54.3 Å². The van der Waals surface area contributed by atoms with E-state index in [1.165, 1.54) is 23.9 Å². The van der Waals surface area contributed by atoms with E-state index in [9.17, 15) is 13.2 Å². The Balaban J connectivity index is 1.38. The van der Waals surface area contributed by atoms with E-state index in [0.29, 0.717) is 29.6 Å². The molecule has 172 valence electrons. The minimum atomic E-state index is -3.76. The summed E-state index contributed by atoms with van der Waals surface area (Å²) in [5.41, 5.74) is 1.22. The van der Waals surface area contributed by atoms with E-state index in [1.807, 2.05) is 24.3 Å². The maximum atomic E-state index is 12.6. The Labute approximate surface area is 195 Å². The van der Waals surface area contributed by atoms with Crippen LogP contribution in [0, 0.1) is 0 Å². The molecule has 2 aromatic carbocycles. The highest BCUT2D eigenvalue weighted by Crippen LogP contribution is 2.22. The molecule has 0 saturated heterocycles. The average molecular weight is 487 g/mol. The highest BCUT2D eigenvalue weighted by atomic mass is 32.2. The molecular weight excluding hydrogens is 464 g/mol. The summed E-state index contributed by atoms with van der Waals surface area (Å²) in [6.45, 7) is 0.623. The van der Waals surface area contributed by atoms with Crippen LogP contribution < -0.4 is 14.8 Å². The van der Waals surface area contributed by atoms with Gasteiger partial charge < -0.3 is 10.1 Å². The molecule has 1 aliphatic heterocycles. The molecule has 2 heterocycles. The molecule has 0 saturated carbocycles. The second-order valence-corrected chi connectivity index (χ2v) is 9.71. The number of ether oxygens (including phenoxy) is 1. The van der Waals surface area contributed by atoms with Gasteiger partial charge in [0.25, 0.3) is 10.0 Å². The molecule has 0 bridgehead atoms. The molecule has 3 aromatic rings. The van der Waals surface area contributed by atoms with E-state index in [-0.39, 0.29) is 16.6 Å². The van der Waals surface area contributed by atoms with Gasteiger partial charge in [-0.3, -0.25) is 19.1 Å². The molecule has 12 heteroatoms. The molecule has 0 spiro atoms. The number of aliphatic imine (C=N–C) groups is 1. The van der Waals surface area contributed by atoms with Gasteiger partial charge in [0.05, 0.1) is 17.8 Å². The number of methoxy groups -OCH3 is 1. The highest BCUT2D eigenvalue weighted by Gasteiger charge is 2.19. The van der Waals surface area contributed by atoms with Gasteiger partial charge in [0.15, 0.2) is 5.16 Å². The maximum Gasteiger partial charge on any atom is 0.262 e. The van der Waals surface area contributed by atoms with E-state index in [2.05, 4.69) is 25.2 Å². The van der Waals surface area contributed by atoms with Crippen molar-refractivity contribution in [2.24, 2.45) is 4.99 Å². The molecule has 0 atom stereocenters. The number of amidine groups is 1. The van der Waals surface area contributed by atoms with Crippen LogP contribution in [0.1, 0.15) is 12.8 Å². The zero-order chi connectivity index (χ0) is 23.3. The number of rotatable bonds is 8. The summed E-state index contributed by atoms with van der Waals surface area (Å²) < 4.78 is 34.6. The number of benzene rings is 2. The van der Waals surface area contributed by atoms with Gasteiger partial charge in [0.2, 0.25) is 5.91 Å². The van der Waals surface area contributed by atoms with Gasteiger partial charge in [-0.05, 0) is 48.9 Å². The molecule has 4 rings (SSSR count). The molecule has 0 fully saturated rings. The molecule has 2 N–H and O–H groups in total. The molecule has 1 amide bonds. The fourth-order valence-corrected chi connectivity index (χ4v) is 5.01. The predicted octanol–water partition coefficient (Wildman–Crippen LogP) is 2.48.